The van der Waals surface area contributed by atoms with Crippen molar-refractivity contribution in [2.75, 3.05) is 5.73 Å². The van der Waals surface area contributed by atoms with E-state index in [0.29, 0.717) is 22.5 Å². The summed E-state index contributed by atoms with van der Waals surface area (Å²) in [5.74, 6) is 0.422. The van der Waals surface area contributed by atoms with Gasteiger partial charge in [0.15, 0.2) is 5.58 Å². The van der Waals surface area contributed by atoms with Crippen LogP contribution in [-0.2, 0) is 16.6 Å². The highest BCUT2D eigenvalue weighted by molar-refractivity contribution is 7.84. The highest BCUT2D eigenvalue weighted by Gasteiger charge is 2.13. The van der Waals surface area contributed by atoms with Crippen LogP contribution in [0.3, 0.4) is 0 Å². The van der Waals surface area contributed by atoms with Gasteiger partial charge in [0.05, 0.1) is 5.75 Å². The number of nitrogens with two attached hydrogens (primary N) is 1. The first kappa shape index (κ1) is 11.4. The van der Waals surface area contributed by atoms with E-state index in [0.717, 1.165) is 5.56 Å². The van der Waals surface area contributed by atoms with Crippen LogP contribution in [0.4, 0.5) is 5.69 Å². The van der Waals surface area contributed by atoms with Crippen molar-refractivity contribution in [1.29, 1.82) is 0 Å². The van der Waals surface area contributed by atoms with Crippen LogP contribution in [0.1, 0.15) is 5.56 Å². The standard InChI is InChI=1S/C12H10N2O2S2/c13-9-1-2-11-10(5-9)14-12(16-11)18(15)7-8-3-4-17-6-8/h1-6H,7,13H2. The number of hydrogen-bond donors (Lipinski definition) is 1. The van der Waals surface area contributed by atoms with Crippen molar-refractivity contribution in [1.82, 2.24) is 4.98 Å². The molecule has 0 fully saturated rings. The van der Waals surface area contributed by atoms with Crippen molar-refractivity contribution in [2.24, 2.45) is 0 Å². The number of benzene rings is 1. The second-order valence-electron chi connectivity index (χ2n) is 3.83. The molecule has 0 bridgehead atoms. The number of thiophene rings is 1. The molecule has 0 spiro atoms. The maximum Gasteiger partial charge on any atom is 0.288 e. The molecule has 0 radical (unpaired) electrons. The Balaban J connectivity index is 1.92. The third-order valence-corrected chi connectivity index (χ3v) is 4.36. The molecule has 6 heteroatoms. The lowest BCUT2D eigenvalue weighted by molar-refractivity contribution is 0.477. The zero-order valence-electron chi connectivity index (χ0n) is 9.33. The summed E-state index contributed by atoms with van der Waals surface area (Å²) in [6.07, 6.45) is 0. The Kier molecular flexibility index (Phi) is 2.89. The van der Waals surface area contributed by atoms with Crippen LogP contribution < -0.4 is 5.73 Å². The molecule has 0 aliphatic heterocycles. The van der Waals surface area contributed by atoms with Gasteiger partial charge < -0.3 is 10.2 Å². The molecule has 0 saturated heterocycles. The number of aromatic nitrogens is 1. The van der Waals surface area contributed by atoms with Crippen molar-refractivity contribution < 1.29 is 8.63 Å². The van der Waals surface area contributed by atoms with Gasteiger partial charge in [0, 0.05) is 5.69 Å². The number of nitrogen functional groups attached to an aromatic ring is 1. The van der Waals surface area contributed by atoms with Crippen molar-refractivity contribution in [3.05, 3.63) is 40.6 Å². The van der Waals surface area contributed by atoms with Gasteiger partial charge in [0.2, 0.25) is 0 Å². The first-order valence-corrected chi connectivity index (χ1v) is 7.54. The van der Waals surface area contributed by atoms with E-state index in [1.54, 1.807) is 29.5 Å². The van der Waals surface area contributed by atoms with Crippen LogP contribution in [-0.4, -0.2) is 9.19 Å². The highest BCUT2D eigenvalue weighted by Crippen LogP contribution is 2.21. The van der Waals surface area contributed by atoms with Crippen molar-refractivity contribution in [3.8, 4) is 0 Å². The van der Waals surface area contributed by atoms with Crippen LogP contribution >= 0.6 is 11.3 Å². The number of nitrogens with zero attached hydrogens (tertiary/aromatic N) is 1. The molecule has 2 heterocycles. The molecule has 3 aromatic rings. The lowest BCUT2D eigenvalue weighted by Gasteiger charge is -1.93. The van der Waals surface area contributed by atoms with E-state index in [-0.39, 0.29) is 5.22 Å². The molecule has 1 unspecified atom stereocenters. The third kappa shape index (κ3) is 2.16. The molecule has 2 N–H and O–H groups in total. The Morgan fingerprint density at radius 1 is 1.39 bits per heavy atom. The normalized spacial score (nSPS) is 12.9. The average molecular weight is 278 g/mol. The summed E-state index contributed by atoms with van der Waals surface area (Å²) in [4.78, 5) is 4.21. The average Bonchev–Trinajstić information content (AvgIpc) is 2.96. The SMILES string of the molecule is Nc1ccc2oc(S(=O)Cc3ccsc3)nc2c1. The smallest absolute Gasteiger partial charge is 0.288 e. The predicted molar refractivity (Wildman–Crippen MR) is 72.9 cm³/mol. The Labute approximate surface area is 110 Å². The van der Waals surface area contributed by atoms with Crippen molar-refractivity contribution >= 4 is 38.9 Å². The molecule has 3 rings (SSSR count). The van der Waals surface area contributed by atoms with E-state index in [1.165, 1.54) is 0 Å². The largest absolute Gasteiger partial charge is 0.430 e. The van der Waals surface area contributed by atoms with E-state index in [4.69, 9.17) is 10.2 Å². The van der Waals surface area contributed by atoms with Crippen molar-refractivity contribution in [3.63, 3.8) is 0 Å². The van der Waals surface area contributed by atoms with Crippen LogP contribution in [0.2, 0.25) is 0 Å². The summed E-state index contributed by atoms with van der Waals surface area (Å²) in [5.41, 5.74) is 8.56. The van der Waals surface area contributed by atoms with Crippen LogP contribution in [0.5, 0.6) is 0 Å². The molecule has 0 aliphatic carbocycles. The minimum atomic E-state index is -1.26. The van der Waals surface area contributed by atoms with Gasteiger partial charge in [-0.05, 0) is 40.6 Å². The van der Waals surface area contributed by atoms with E-state index < -0.39 is 10.8 Å². The number of rotatable bonds is 3. The Hall–Kier alpha value is -1.66. The van der Waals surface area contributed by atoms with E-state index in [9.17, 15) is 4.21 Å². The summed E-state index contributed by atoms with van der Waals surface area (Å²) in [6, 6.07) is 7.13. The van der Waals surface area contributed by atoms with Crippen LogP contribution in [0.15, 0.2) is 44.7 Å². The fraction of sp³-hybridized carbons (Fsp3) is 0.0833. The van der Waals surface area contributed by atoms with Gasteiger partial charge in [0.25, 0.3) is 5.22 Å². The summed E-state index contributed by atoms with van der Waals surface area (Å²) in [6.45, 7) is 0. The third-order valence-electron chi connectivity index (χ3n) is 2.46. The highest BCUT2D eigenvalue weighted by atomic mass is 32.2. The molecule has 1 atom stereocenters. The van der Waals surface area contributed by atoms with Gasteiger partial charge in [-0.2, -0.15) is 11.3 Å². The van der Waals surface area contributed by atoms with Crippen molar-refractivity contribution in [2.45, 2.75) is 11.0 Å². The minimum absolute atomic E-state index is 0.252. The van der Waals surface area contributed by atoms with Gasteiger partial charge in [-0.1, -0.05) is 0 Å². The molecule has 4 nitrogen and oxygen atoms in total. The Morgan fingerprint density at radius 3 is 3.06 bits per heavy atom. The minimum Gasteiger partial charge on any atom is -0.430 e. The molecule has 0 amide bonds. The summed E-state index contributed by atoms with van der Waals surface area (Å²) in [5, 5.41) is 4.18. The second-order valence-corrected chi connectivity index (χ2v) is 5.94. The van der Waals surface area contributed by atoms with Gasteiger partial charge in [-0.3, -0.25) is 0 Å². The summed E-state index contributed by atoms with van der Waals surface area (Å²) in [7, 11) is -1.26. The maximum atomic E-state index is 12.1. The molecule has 2 aromatic heterocycles. The van der Waals surface area contributed by atoms with E-state index in [2.05, 4.69) is 4.98 Å². The lowest BCUT2D eigenvalue weighted by Crippen LogP contribution is -1.95. The van der Waals surface area contributed by atoms with Gasteiger partial charge in [0.1, 0.15) is 16.3 Å². The quantitative estimate of drug-likeness (QED) is 0.748. The molecule has 92 valence electrons. The zero-order valence-corrected chi connectivity index (χ0v) is 11.0. The number of fused-ring (bicyclic) bond motifs is 1. The first-order chi connectivity index (χ1) is 8.72. The van der Waals surface area contributed by atoms with Crippen LogP contribution in [0, 0.1) is 0 Å². The Morgan fingerprint density at radius 2 is 2.28 bits per heavy atom. The van der Waals surface area contributed by atoms with Crippen LogP contribution in [0.25, 0.3) is 11.1 Å². The summed E-state index contributed by atoms with van der Waals surface area (Å²) < 4.78 is 17.6. The molecule has 18 heavy (non-hydrogen) atoms. The summed E-state index contributed by atoms with van der Waals surface area (Å²) >= 11 is 1.58. The molecule has 0 saturated carbocycles. The molecule has 1 aromatic carbocycles. The first-order valence-electron chi connectivity index (χ1n) is 5.28. The number of hydrogen-bond acceptors (Lipinski definition) is 5. The van der Waals surface area contributed by atoms with Gasteiger partial charge in [-0.25, -0.2) is 9.19 Å². The topological polar surface area (TPSA) is 69.1 Å². The second kappa shape index (κ2) is 4.55. The Bertz CT molecular complexity index is 704. The van der Waals surface area contributed by atoms with E-state index >= 15 is 0 Å². The molecular formula is C12H10N2O2S2. The molecule has 0 aliphatic rings. The maximum absolute atomic E-state index is 12.1. The zero-order chi connectivity index (χ0) is 12.5. The predicted octanol–water partition coefficient (Wildman–Crippen LogP) is 2.78. The number of anilines is 1. The lowest BCUT2D eigenvalue weighted by atomic mass is 10.3. The molecular weight excluding hydrogens is 268 g/mol. The monoisotopic (exact) mass is 278 g/mol. The fourth-order valence-electron chi connectivity index (χ4n) is 1.61. The number of oxazole rings is 1. The van der Waals surface area contributed by atoms with Gasteiger partial charge >= 0.3 is 0 Å². The fourth-order valence-corrected chi connectivity index (χ4v) is 3.37. The van der Waals surface area contributed by atoms with E-state index in [1.807, 2.05) is 16.8 Å². The van der Waals surface area contributed by atoms with Gasteiger partial charge in [-0.15, -0.1) is 0 Å².